The molecular formula is C19H16Cl2N2O2. The van der Waals surface area contributed by atoms with Gasteiger partial charge in [-0.15, -0.1) is 0 Å². The smallest absolute Gasteiger partial charge is 0.264 e. The molecule has 0 aliphatic carbocycles. The van der Waals surface area contributed by atoms with Crippen molar-refractivity contribution in [2.75, 3.05) is 14.1 Å². The molecule has 0 unspecified atom stereocenters. The predicted molar refractivity (Wildman–Crippen MR) is 99.5 cm³/mol. The van der Waals surface area contributed by atoms with Gasteiger partial charge in [0.05, 0.1) is 0 Å². The molecule has 2 aromatic rings. The standard InChI is InChI=1S/C19H16Cl2N2O2/c1-23(2)19(24)15(11-22)9-13-3-7-17(8-4-13)25-12-14-5-6-16(20)10-18(14)21/h3-10H,12H2,1-2H3/b15-9-. The Morgan fingerprint density at radius 3 is 2.44 bits per heavy atom. The summed E-state index contributed by atoms with van der Waals surface area (Å²) < 4.78 is 5.70. The molecule has 2 rings (SSSR count). The molecule has 0 heterocycles. The van der Waals surface area contributed by atoms with Crippen LogP contribution in [-0.2, 0) is 11.4 Å². The van der Waals surface area contributed by atoms with Gasteiger partial charge in [-0.2, -0.15) is 5.26 Å². The van der Waals surface area contributed by atoms with Crippen LogP contribution in [0.2, 0.25) is 10.0 Å². The molecule has 0 radical (unpaired) electrons. The number of carbonyl (C=O) groups excluding carboxylic acids is 1. The first kappa shape index (κ1) is 18.9. The van der Waals surface area contributed by atoms with Crippen LogP contribution in [0.5, 0.6) is 5.75 Å². The van der Waals surface area contributed by atoms with Crippen molar-refractivity contribution in [3.63, 3.8) is 0 Å². The summed E-state index contributed by atoms with van der Waals surface area (Å²) >= 11 is 12.0. The zero-order valence-corrected chi connectivity index (χ0v) is 15.3. The number of rotatable bonds is 5. The lowest BCUT2D eigenvalue weighted by Crippen LogP contribution is -2.22. The molecule has 0 fully saturated rings. The molecule has 0 atom stereocenters. The molecule has 0 aliphatic heterocycles. The first-order valence-electron chi connectivity index (χ1n) is 7.41. The molecule has 0 saturated heterocycles. The molecule has 0 aliphatic rings. The van der Waals surface area contributed by atoms with Crippen molar-refractivity contribution in [1.82, 2.24) is 4.90 Å². The third kappa shape index (κ3) is 5.25. The minimum atomic E-state index is -0.333. The van der Waals surface area contributed by atoms with Gasteiger partial charge >= 0.3 is 0 Å². The molecule has 25 heavy (non-hydrogen) atoms. The SMILES string of the molecule is CN(C)C(=O)/C(C#N)=C\c1ccc(OCc2ccc(Cl)cc2Cl)cc1. The Morgan fingerprint density at radius 1 is 1.20 bits per heavy atom. The van der Waals surface area contributed by atoms with Gasteiger partial charge in [0.1, 0.15) is 24.0 Å². The van der Waals surface area contributed by atoms with Gasteiger partial charge in [-0.05, 0) is 35.9 Å². The van der Waals surface area contributed by atoms with E-state index in [1.807, 2.05) is 12.1 Å². The highest BCUT2D eigenvalue weighted by atomic mass is 35.5. The number of hydrogen-bond acceptors (Lipinski definition) is 3. The summed E-state index contributed by atoms with van der Waals surface area (Å²) in [6, 6.07) is 14.2. The Balaban J connectivity index is 2.07. The highest BCUT2D eigenvalue weighted by molar-refractivity contribution is 6.35. The summed E-state index contributed by atoms with van der Waals surface area (Å²) in [6.07, 6.45) is 1.54. The van der Waals surface area contributed by atoms with Gasteiger partial charge in [0.25, 0.3) is 5.91 Å². The fourth-order valence-electron chi connectivity index (χ4n) is 2.01. The Bertz CT molecular complexity index is 837. The predicted octanol–water partition coefficient (Wildman–Crippen LogP) is 4.57. The highest BCUT2D eigenvalue weighted by Crippen LogP contribution is 2.23. The van der Waals surface area contributed by atoms with Crippen molar-refractivity contribution in [2.24, 2.45) is 0 Å². The molecule has 1 amide bonds. The van der Waals surface area contributed by atoms with Crippen LogP contribution in [0.3, 0.4) is 0 Å². The lowest BCUT2D eigenvalue weighted by Gasteiger charge is -2.09. The number of carbonyl (C=O) groups is 1. The maximum atomic E-state index is 11.8. The van der Waals surface area contributed by atoms with E-state index in [-0.39, 0.29) is 11.5 Å². The van der Waals surface area contributed by atoms with Crippen LogP contribution in [0.25, 0.3) is 6.08 Å². The first-order chi connectivity index (χ1) is 11.9. The van der Waals surface area contributed by atoms with E-state index in [1.165, 1.54) is 4.90 Å². The fraction of sp³-hybridized carbons (Fsp3) is 0.158. The third-order valence-electron chi connectivity index (χ3n) is 3.36. The number of amides is 1. The second-order valence-corrected chi connectivity index (χ2v) is 6.31. The summed E-state index contributed by atoms with van der Waals surface area (Å²) in [5.41, 5.74) is 1.65. The zero-order valence-electron chi connectivity index (χ0n) is 13.8. The van der Waals surface area contributed by atoms with Crippen molar-refractivity contribution in [1.29, 1.82) is 5.26 Å². The van der Waals surface area contributed by atoms with Gasteiger partial charge in [0.2, 0.25) is 0 Å². The summed E-state index contributed by atoms with van der Waals surface area (Å²) in [4.78, 5) is 13.2. The van der Waals surface area contributed by atoms with Crippen LogP contribution in [0.4, 0.5) is 0 Å². The van der Waals surface area contributed by atoms with E-state index in [2.05, 4.69) is 0 Å². The molecule has 0 bridgehead atoms. The fourth-order valence-corrected chi connectivity index (χ4v) is 2.47. The summed E-state index contributed by atoms with van der Waals surface area (Å²) in [5, 5.41) is 10.2. The molecule has 4 nitrogen and oxygen atoms in total. The summed E-state index contributed by atoms with van der Waals surface area (Å²) in [5.74, 6) is 0.320. The van der Waals surface area contributed by atoms with E-state index in [0.717, 1.165) is 11.1 Å². The van der Waals surface area contributed by atoms with E-state index in [1.54, 1.807) is 56.6 Å². The van der Waals surface area contributed by atoms with Crippen molar-refractivity contribution in [2.45, 2.75) is 6.61 Å². The number of benzene rings is 2. The van der Waals surface area contributed by atoms with Crippen LogP contribution >= 0.6 is 23.2 Å². The molecule has 0 N–H and O–H groups in total. The van der Waals surface area contributed by atoms with Crippen LogP contribution in [-0.4, -0.2) is 24.9 Å². The molecule has 2 aromatic carbocycles. The number of hydrogen-bond donors (Lipinski definition) is 0. The van der Waals surface area contributed by atoms with Gasteiger partial charge in [-0.3, -0.25) is 4.79 Å². The lowest BCUT2D eigenvalue weighted by atomic mass is 10.1. The maximum absolute atomic E-state index is 11.8. The van der Waals surface area contributed by atoms with E-state index in [4.69, 9.17) is 33.2 Å². The molecule has 128 valence electrons. The summed E-state index contributed by atoms with van der Waals surface area (Å²) in [6.45, 7) is 0.313. The van der Waals surface area contributed by atoms with Crippen LogP contribution in [0, 0.1) is 11.3 Å². The Labute approximate surface area is 156 Å². The second-order valence-electron chi connectivity index (χ2n) is 5.46. The van der Waals surface area contributed by atoms with Gasteiger partial charge in [0, 0.05) is 29.7 Å². The summed E-state index contributed by atoms with van der Waals surface area (Å²) in [7, 11) is 3.21. The minimum Gasteiger partial charge on any atom is -0.489 e. The number of likely N-dealkylation sites (N-methyl/N-ethyl adjacent to an activating group) is 1. The third-order valence-corrected chi connectivity index (χ3v) is 3.94. The molecule has 6 heteroatoms. The molecule has 0 spiro atoms. The largest absolute Gasteiger partial charge is 0.489 e. The van der Waals surface area contributed by atoms with Crippen molar-refractivity contribution >= 4 is 35.2 Å². The number of nitriles is 1. The zero-order chi connectivity index (χ0) is 18.4. The topological polar surface area (TPSA) is 53.3 Å². The van der Waals surface area contributed by atoms with Crippen molar-refractivity contribution in [3.8, 4) is 11.8 Å². The Kier molecular flexibility index (Phi) is 6.46. The monoisotopic (exact) mass is 374 g/mol. The highest BCUT2D eigenvalue weighted by Gasteiger charge is 2.10. The van der Waals surface area contributed by atoms with Crippen LogP contribution < -0.4 is 4.74 Å². The number of halogens is 2. The average molecular weight is 375 g/mol. The van der Waals surface area contributed by atoms with E-state index in [0.29, 0.717) is 22.4 Å². The van der Waals surface area contributed by atoms with Gasteiger partial charge in [-0.25, -0.2) is 0 Å². The quantitative estimate of drug-likeness (QED) is 0.568. The number of nitrogens with zero attached hydrogens (tertiary/aromatic N) is 2. The van der Waals surface area contributed by atoms with Gasteiger partial charge in [-0.1, -0.05) is 41.4 Å². The lowest BCUT2D eigenvalue weighted by molar-refractivity contribution is -0.124. The van der Waals surface area contributed by atoms with E-state index >= 15 is 0 Å². The molecule has 0 saturated carbocycles. The van der Waals surface area contributed by atoms with Crippen molar-refractivity contribution in [3.05, 3.63) is 69.2 Å². The molecule has 0 aromatic heterocycles. The van der Waals surface area contributed by atoms with Crippen LogP contribution in [0.1, 0.15) is 11.1 Å². The molecular weight excluding hydrogens is 359 g/mol. The Hall–Kier alpha value is -2.48. The number of ether oxygens (including phenoxy) is 1. The van der Waals surface area contributed by atoms with Gasteiger partial charge < -0.3 is 9.64 Å². The van der Waals surface area contributed by atoms with Crippen LogP contribution in [0.15, 0.2) is 48.0 Å². The van der Waals surface area contributed by atoms with Crippen molar-refractivity contribution < 1.29 is 9.53 Å². The first-order valence-corrected chi connectivity index (χ1v) is 8.16. The minimum absolute atomic E-state index is 0.0756. The second kappa shape index (κ2) is 8.57. The Morgan fingerprint density at radius 2 is 1.88 bits per heavy atom. The average Bonchev–Trinajstić information content (AvgIpc) is 2.59. The normalized spacial score (nSPS) is 10.9. The van der Waals surface area contributed by atoms with E-state index in [9.17, 15) is 4.79 Å². The maximum Gasteiger partial charge on any atom is 0.264 e. The van der Waals surface area contributed by atoms with Gasteiger partial charge in [0.15, 0.2) is 0 Å². The van der Waals surface area contributed by atoms with E-state index < -0.39 is 0 Å².